The monoisotopic (exact) mass is 280 g/mol. The molecular formula is C14H24N4O2. The molecule has 0 spiro atoms. The van der Waals surface area contributed by atoms with Crippen LogP contribution in [0.5, 0.6) is 0 Å². The van der Waals surface area contributed by atoms with Crippen LogP contribution in [0.15, 0.2) is 12.4 Å². The van der Waals surface area contributed by atoms with E-state index in [0.29, 0.717) is 0 Å². The molecule has 0 amide bonds. The van der Waals surface area contributed by atoms with Gasteiger partial charge in [0.1, 0.15) is 5.82 Å². The molecule has 0 aromatic carbocycles. The van der Waals surface area contributed by atoms with Crippen molar-refractivity contribution in [2.75, 3.05) is 37.6 Å². The van der Waals surface area contributed by atoms with Gasteiger partial charge in [-0.05, 0) is 19.5 Å². The van der Waals surface area contributed by atoms with Gasteiger partial charge in [0.05, 0.1) is 12.4 Å². The van der Waals surface area contributed by atoms with Crippen LogP contribution in [0.25, 0.3) is 0 Å². The highest BCUT2D eigenvalue weighted by Gasteiger charge is 2.11. The maximum atomic E-state index is 10.8. The molecule has 1 aromatic rings. The molecule has 0 aliphatic rings. The number of carbonyl (C=O) groups is 1. The smallest absolute Gasteiger partial charge is 0.356 e. The maximum Gasteiger partial charge on any atom is 0.356 e. The van der Waals surface area contributed by atoms with Gasteiger partial charge in [0.25, 0.3) is 0 Å². The molecule has 1 heterocycles. The van der Waals surface area contributed by atoms with Crippen LogP contribution < -0.4 is 4.90 Å². The first kappa shape index (κ1) is 16.4. The van der Waals surface area contributed by atoms with E-state index in [1.54, 1.807) is 6.20 Å². The van der Waals surface area contributed by atoms with Crippen LogP contribution in [0.1, 0.15) is 37.7 Å². The third kappa shape index (κ3) is 4.77. The van der Waals surface area contributed by atoms with Gasteiger partial charge in [-0.25, -0.2) is 14.8 Å². The number of anilines is 1. The van der Waals surface area contributed by atoms with Crippen LogP contribution in [-0.2, 0) is 0 Å². The number of rotatable bonds is 9. The number of carboxylic acids is 1. The van der Waals surface area contributed by atoms with E-state index in [-0.39, 0.29) is 5.69 Å². The Morgan fingerprint density at radius 3 is 2.25 bits per heavy atom. The number of aromatic nitrogens is 2. The minimum absolute atomic E-state index is 0.0195. The molecule has 112 valence electrons. The second kappa shape index (κ2) is 8.47. The van der Waals surface area contributed by atoms with E-state index in [4.69, 9.17) is 5.11 Å². The van der Waals surface area contributed by atoms with Gasteiger partial charge in [0.15, 0.2) is 5.69 Å². The molecule has 20 heavy (non-hydrogen) atoms. The number of hydrogen-bond donors (Lipinski definition) is 1. The number of hydrogen-bond acceptors (Lipinski definition) is 5. The standard InChI is InChI=1S/C14H24N4O2/c1-4-7-18(9-8-17(5-2)6-3)13-11-15-12(10-16-13)14(19)20/h10-11H,4-9H2,1-3H3,(H,19,20). The minimum atomic E-state index is -1.05. The van der Waals surface area contributed by atoms with Gasteiger partial charge < -0.3 is 14.9 Å². The second-order valence-corrected chi connectivity index (χ2v) is 4.58. The number of carboxylic acid groups (broad SMARTS) is 1. The predicted octanol–water partition coefficient (Wildman–Crippen LogP) is 1.73. The second-order valence-electron chi connectivity index (χ2n) is 4.58. The zero-order valence-electron chi connectivity index (χ0n) is 12.5. The molecule has 6 nitrogen and oxygen atoms in total. The molecule has 0 saturated carbocycles. The molecule has 6 heteroatoms. The average molecular weight is 280 g/mol. The Balaban J connectivity index is 2.71. The average Bonchev–Trinajstić information content (AvgIpc) is 2.47. The summed E-state index contributed by atoms with van der Waals surface area (Å²) in [7, 11) is 0. The molecular weight excluding hydrogens is 256 g/mol. The fraction of sp³-hybridized carbons (Fsp3) is 0.643. The number of likely N-dealkylation sites (N-methyl/N-ethyl adjacent to an activating group) is 1. The normalized spacial score (nSPS) is 10.8. The van der Waals surface area contributed by atoms with Crippen LogP contribution in [-0.4, -0.2) is 58.7 Å². The fourth-order valence-electron chi connectivity index (χ4n) is 2.01. The van der Waals surface area contributed by atoms with Crippen molar-refractivity contribution in [2.45, 2.75) is 27.2 Å². The van der Waals surface area contributed by atoms with Gasteiger partial charge >= 0.3 is 5.97 Å². The molecule has 0 saturated heterocycles. The first-order valence-electron chi connectivity index (χ1n) is 7.14. The van der Waals surface area contributed by atoms with Gasteiger partial charge in [0, 0.05) is 19.6 Å². The number of nitrogens with zero attached hydrogens (tertiary/aromatic N) is 4. The summed E-state index contributed by atoms with van der Waals surface area (Å²) in [5, 5.41) is 8.83. The van der Waals surface area contributed by atoms with Gasteiger partial charge in [-0.15, -0.1) is 0 Å². The molecule has 0 unspecified atom stereocenters. The van der Waals surface area contributed by atoms with Crippen LogP contribution in [0.2, 0.25) is 0 Å². The van der Waals surface area contributed by atoms with E-state index < -0.39 is 5.97 Å². The number of aromatic carboxylic acids is 1. The maximum absolute atomic E-state index is 10.8. The summed E-state index contributed by atoms with van der Waals surface area (Å²) in [6, 6.07) is 0. The summed E-state index contributed by atoms with van der Waals surface area (Å²) < 4.78 is 0. The van der Waals surface area contributed by atoms with Crippen molar-refractivity contribution < 1.29 is 9.90 Å². The molecule has 0 atom stereocenters. The summed E-state index contributed by atoms with van der Waals surface area (Å²) in [6.07, 6.45) is 3.87. The van der Waals surface area contributed by atoms with Crippen molar-refractivity contribution in [3.05, 3.63) is 18.1 Å². The fourth-order valence-corrected chi connectivity index (χ4v) is 2.01. The van der Waals surface area contributed by atoms with Crippen molar-refractivity contribution >= 4 is 11.8 Å². The summed E-state index contributed by atoms with van der Waals surface area (Å²) in [4.78, 5) is 23.4. The topological polar surface area (TPSA) is 69.6 Å². The van der Waals surface area contributed by atoms with Gasteiger partial charge in [-0.1, -0.05) is 20.8 Å². The highest BCUT2D eigenvalue weighted by Crippen LogP contribution is 2.10. The van der Waals surface area contributed by atoms with Crippen molar-refractivity contribution in [2.24, 2.45) is 0 Å². The van der Waals surface area contributed by atoms with Crippen molar-refractivity contribution in [1.29, 1.82) is 0 Å². The van der Waals surface area contributed by atoms with Crippen molar-refractivity contribution in [3.8, 4) is 0 Å². The quantitative estimate of drug-likeness (QED) is 0.743. The zero-order valence-corrected chi connectivity index (χ0v) is 12.5. The molecule has 0 radical (unpaired) electrons. The Morgan fingerprint density at radius 1 is 1.10 bits per heavy atom. The van der Waals surface area contributed by atoms with E-state index in [1.165, 1.54) is 6.20 Å². The van der Waals surface area contributed by atoms with E-state index in [1.807, 2.05) is 0 Å². The zero-order chi connectivity index (χ0) is 15.0. The van der Waals surface area contributed by atoms with Crippen LogP contribution >= 0.6 is 0 Å². The molecule has 0 aliphatic heterocycles. The SMILES string of the molecule is CCCN(CCN(CC)CC)c1cnc(C(=O)O)cn1. The van der Waals surface area contributed by atoms with E-state index in [2.05, 4.69) is 40.5 Å². The summed E-state index contributed by atoms with van der Waals surface area (Å²) in [5.41, 5.74) is -0.0195. The largest absolute Gasteiger partial charge is 0.476 e. The molecule has 1 N–H and O–H groups in total. The lowest BCUT2D eigenvalue weighted by atomic mass is 10.3. The summed E-state index contributed by atoms with van der Waals surface area (Å²) in [5.74, 6) is -0.307. The molecule has 0 bridgehead atoms. The van der Waals surface area contributed by atoms with Gasteiger partial charge in [-0.2, -0.15) is 0 Å². The lowest BCUT2D eigenvalue weighted by molar-refractivity contribution is 0.0690. The molecule has 1 rings (SSSR count). The highest BCUT2D eigenvalue weighted by atomic mass is 16.4. The Kier molecular flexibility index (Phi) is 6.93. The molecule has 0 fully saturated rings. The Bertz CT molecular complexity index is 404. The summed E-state index contributed by atoms with van der Waals surface area (Å²) in [6.45, 7) is 11.2. The first-order valence-corrected chi connectivity index (χ1v) is 7.14. The Hall–Kier alpha value is -1.69. The summed E-state index contributed by atoms with van der Waals surface area (Å²) >= 11 is 0. The Labute approximate surface area is 120 Å². The van der Waals surface area contributed by atoms with Crippen LogP contribution in [0, 0.1) is 0 Å². The first-order chi connectivity index (χ1) is 9.62. The van der Waals surface area contributed by atoms with Gasteiger partial charge in [0.2, 0.25) is 0 Å². The van der Waals surface area contributed by atoms with Crippen molar-refractivity contribution in [1.82, 2.24) is 14.9 Å². The highest BCUT2D eigenvalue weighted by molar-refractivity contribution is 5.84. The van der Waals surface area contributed by atoms with Crippen LogP contribution in [0.3, 0.4) is 0 Å². The third-order valence-electron chi connectivity index (χ3n) is 3.26. The van der Waals surface area contributed by atoms with E-state index >= 15 is 0 Å². The van der Waals surface area contributed by atoms with Crippen molar-refractivity contribution in [3.63, 3.8) is 0 Å². The predicted molar refractivity (Wildman–Crippen MR) is 79.3 cm³/mol. The lowest BCUT2D eigenvalue weighted by Gasteiger charge is -2.26. The van der Waals surface area contributed by atoms with E-state index in [0.717, 1.165) is 45.0 Å². The third-order valence-corrected chi connectivity index (χ3v) is 3.26. The molecule has 1 aromatic heterocycles. The lowest BCUT2D eigenvalue weighted by Crippen LogP contribution is -2.36. The van der Waals surface area contributed by atoms with E-state index in [9.17, 15) is 4.79 Å². The molecule has 0 aliphatic carbocycles. The van der Waals surface area contributed by atoms with Crippen LogP contribution in [0.4, 0.5) is 5.82 Å². The minimum Gasteiger partial charge on any atom is -0.476 e. The Morgan fingerprint density at radius 2 is 1.80 bits per heavy atom. The van der Waals surface area contributed by atoms with Gasteiger partial charge in [-0.3, -0.25) is 0 Å².